The summed E-state index contributed by atoms with van der Waals surface area (Å²) in [6.07, 6.45) is 3.00. The Bertz CT molecular complexity index is 559. The Morgan fingerprint density at radius 2 is 2.16 bits per heavy atom. The van der Waals surface area contributed by atoms with Gasteiger partial charge in [0.25, 0.3) is 0 Å². The Labute approximate surface area is 113 Å². The highest BCUT2D eigenvalue weighted by Gasteiger charge is 2.25. The fourth-order valence-electron chi connectivity index (χ4n) is 2.71. The van der Waals surface area contributed by atoms with Crippen LogP contribution in [0.3, 0.4) is 0 Å². The van der Waals surface area contributed by atoms with E-state index in [4.69, 9.17) is 4.74 Å². The van der Waals surface area contributed by atoms with Gasteiger partial charge in [0.2, 0.25) is 0 Å². The monoisotopic (exact) mass is 257 g/mol. The molecule has 1 aromatic heterocycles. The van der Waals surface area contributed by atoms with Crippen molar-refractivity contribution in [2.45, 2.75) is 25.9 Å². The molecule has 0 amide bonds. The van der Waals surface area contributed by atoms with Gasteiger partial charge in [-0.3, -0.25) is 0 Å². The minimum atomic E-state index is 0.197. The molecule has 0 fully saturated rings. The Kier molecular flexibility index (Phi) is 3.25. The van der Waals surface area contributed by atoms with Gasteiger partial charge in [-0.15, -0.1) is 0 Å². The smallest absolute Gasteiger partial charge is 0.118 e. The van der Waals surface area contributed by atoms with Gasteiger partial charge in [-0.2, -0.15) is 0 Å². The van der Waals surface area contributed by atoms with Crippen molar-refractivity contribution < 1.29 is 4.74 Å². The average Bonchev–Trinajstić information content (AvgIpc) is 2.90. The van der Waals surface area contributed by atoms with Gasteiger partial charge in [-0.1, -0.05) is 12.1 Å². The van der Waals surface area contributed by atoms with Crippen LogP contribution in [0.1, 0.15) is 29.9 Å². The van der Waals surface area contributed by atoms with E-state index >= 15 is 0 Å². The lowest BCUT2D eigenvalue weighted by molar-refractivity contribution is 0.414. The lowest BCUT2D eigenvalue weighted by atomic mass is 9.98. The van der Waals surface area contributed by atoms with Crippen LogP contribution in [-0.4, -0.2) is 23.2 Å². The summed E-state index contributed by atoms with van der Waals surface area (Å²) < 4.78 is 7.45. The molecule has 2 heterocycles. The minimum Gasteiger partial charge on any atom is -0.497 e. The van der Waals surface area contributed by atoms with Crippen molar-refractivity contribution in [3.63, 3.8) is 0 Å². The zero-order chi connectivity index (χ0) is 13.2. The van der Waals surface area contributed by atoms with Gasteiger partial charge < -0.3 is 14.6 Å². The molecule has 1 aliphatic rings. The van der Waals surface area contributed by atoms with Crippen LogP contribution in [0.5, 0.6) is 5.75 Å². The molecule has 0 spiro atoms. The predicted molar refractivity (Wildman–Crippen MR) is 74.4 cm³/mol. The molecular weight excluding hydrogens is 238 g/mol. The quantitative estimate of drug-likeness (QED) is 0.915. The van der Waals surface area contributed by atoms with Crippen LogP contribution in [0.4, 0.5) is 0 Å². The van der Waals surface area contributed by atoms with Crippen LogP contribution < -0.4 is 10.1 Å². The molecule has 1 aromatic carbocycles. The maximum atomic E-state index is 5.21. The van der Waals surface area contributed by atoms with Crippen molar-refractivity contribution in [2.24, 2.45) is 0 Å². The fourth-order valence-corrected chi connectivity index (χ4v) is 2.71. The van der Waals surface area contributed by atoms with E-state index in [2.05, 4.69) is 33.9 Å². The van der Waals surface area contributed by atoms with Crippen LogP contribution in [0.2, 0.25) is 0 Å². The molecule has 100 valence electrons. The first-order valence-electron chi connectivity index (χ1n) is 6.74. The SMILES string of the molecule is CCn1cnc2c1CCNC2c1ccc(OC)cc1. The number of rotatable bonds is 3. The van der Waals surface area contributed by atoms with Gasteiger partial charge in [-0.25, -0.2) is 4.98 Å². The summed E-state index contributed by atoms with van der Waals surface area (Å²) in [5.74, 6) is 0.888. The Morgan fingerprint density at radius 3 is 2.84 bits per heavy atom. The van der Waals surface area contributed by atoms with Crippen LogP contribution in [0.15, 0.2) is 30.6 Å². The number of imidazole rings is 1. The third kappa shape index (κ3) is 2.12. The molecule has 1 N–H and O–H groups in total. The maximum absolute atomic E-state index is 5.21. The molecule has 0 saturated carbocycles. The van der Waals surface area contributed by atoms with Crippen LogP contribution in [0, 0.1) is 0 Å². The summed E-state index contributed by atoms with van der Waals surface area (Å²) in [6, 6.07) is 8.42. The summed E-state index contributed by atoms with van der Waals surface area (Å²) in [5, 5.41) is 3.55. The van der Waals surface area contributed by atoms with Crippen LogP contribution in [0.25, 0.3) is 0 Å². The summed E-state index contributed by atoms with van der Waals surface area (Å²) in [5.41, 5.74) is 3.77. The summed E-state index contributed by atoms with van der Waals surface area (Å²) in [6.45, 7) is 4.14. The zero-order valence-electron chi connectivity index (χ0n) is 11.4. The van der Waals surface area contributed by atoms with Crippen molar-refractivity contribution in [1.82, 2.24) is 14.9 Å². The highest BCUT2D eigenvalue weighted by atomic mass is 16.5. The summed E-state index contributed by atoms with van der Waals surface area (Å²) >= 11 is 0. The average molecular weight is 257 g/mol. The Morgan fingerprint density at radius 1 is 1.37 bits per heavy atom. The number of benzene rings is 1. The minimum absolute atomic E-state index is 0.197. The number of hydrogen-bond donors (Lipinski definition) is 1. The largest absolute Gasteiger partial charge is 0.497 e. The molecule has 0 aliphatic carbocycles. The van der Waals surface area contributed by atoms with E-state index in [1.54, 1.807) is 7.11 Å². The van der Waals surface area contributed by atoms with Gasteiger partial charge in [-0.05, 0) is 24.6 Å². The first-order chi connectivity index (χ1) is 9.33. The van der Waals surface area contributed by atoms with E-state index in [1.165, 1.54) is 17.0 Å². The fraction of sp³-hybridized carbons (Fsp3) is 0.400. The second-order valence-electron chi connectivity index (χ2n) is 4.77. The number of aromatic nitrogens is 2. The number of fused-ring (bicyclic) bond motifs is 1. The second-order valence-corrected chi connectivity index (χ2v) is 4.77. The molecule has 1 aliphatic heterocycles. The van der Waals surface area contributed by atoms with E-state index in [1.807, 2.05) is 18.5 Å². The number of nitrogens with zero attached hydrogens (tertiary/aromatic N) is 2. The maximum Gasteiger partial charge on any atom is 0.118 e. The normalized spacial score (nSPS) is 18.1. The van der Waals surface area contributed by atoms with Crippen molar-refractivity contribution in [3.8, 4) is 5.75 Å². The van der Waals surface area contributed by atoms with Crippen LogP contribution in [-0.2, 0) is 13.0 Å². The molecule has 0 bridgehead atoms. The van der Waals surface area contributed by atoms with Crippen molar-refractivity contribution in [1.29, 1.82) is 0 Å². The summed E-state index contributed by atoms with van der Waals surface area (Å²) in [7, 11) is 1.69. The van der Waals surface area contributed by atoms with E-state index in [-0.39, 0.29) is 6.04 Å². The number of nitrogens with one attached hydrogen (secondary N) is 1. The second kappa shape index (κ2) is 5.05. The molecule has 19 heavy (non-hydrogen) atoms. The van der Waals surface area contributed by atoms with Crippen molar-refractivity contribution in [2.75, 3.05) is 13.7 Å². The molecule has 2 aromatic rings. The number of aryl methyl sites for hydroxylation is 1. The lowest BCUT2D eigenvalue weighted by Gasteiger charge is -2.24. The third-order valence-electron chi connectivity index (χ3n) is 3.75. The van der Waals surface area contributed by atoms with E-state index in [0.717, 1.165) is 25.3 Å². The molecule has 0 radical (unpaired) electrons. The molecule has 1 atom stereocenters. The zero-order valence-corrected chi connectivity index (χ0v) is 11.4. The third-order valence-corrected chi connectivity index (χ3v) is 3.75. The van der Waals surface area contributed by atoms with E-state index in [0.29, 0.717) is 0 Å². The van der Waals surface area contributed by atoms with Gasteiger partial charge in [0.1, 0.15) is 5.75 Å². The predicted octanol–water partition coefficient (Wildman–Crippen LogP) is 2.15. The number of ether oxygens (including phenoxy) is 1. The number of hydrogen-bond acceptors (Lipinski definition) is 3. The molecule has 3 rings (SSSR count). The topological polar surface area (TPSA) is 39.1 Å². The Hall–Kier alpha value is -1.81. The molecule has 1 unspecified atom stereocenters. The first kappa shape index (κ1) is 12.2. The van der Waals surface area contributed by atoms with Gasteiger partial charge in [0.15, 0.2) is 0 Å². The highest BCUT2D eigenvalue weighted by Crippen LogP contribution is 2.28. The van der Waals surface area contributed by atoms with E-state index < -0.39 is 0 Å². The standard InChI is InChI=1S/C15H19N3O/c1-3-18-10-17-15-13(18)8-9-16-14(15)11-4-6-12(19-2)7-5-11/h4-7,10,14,16H,3,8-9H2,1-2H3. The van der Waals surface area contributed by atoms with Gasteiger partial charge in [0, 0.05) is 25.2 Å². The molecule has 4 heteroatoms. The summed E-state index contributed by atoms with van der Waals surface area (Å²) in [4.78, 5) is 4.60. The molecular formula is C15H19N3O. The Balaban J connectivity index is 1.96. The molecule has 0 saturated heterocycles. The number of methoxy groups -OCH3 is 1. The lowest BCUT2D eigenvalue weighted by Crippen LogP contribution is -2.31. The molecule has 4 nitrogen and oxygen atoms in total. The van der Waals surface area contributed by atoms with Crippen LogP contribution >= 0.6 is 0 Å². The van der Waals surface area contributed by atoms with E-state index in [9.17, 15) is 0 Å². The first-order valence-corrected chi connectivity index (χ1v) is 6.74. The highest BCUT2D eigenvalue weighted by molar-refractivity contribution is 5.36. The van der Waals surface area contributed by atoms with Gasteiger partial charge in [0.05, 0.1) is 25.2 Å². The van der Waals surface area contributed by atoms with Crippen molar-refractivity contribution in [3.05, 3.63) is 47.5 Å². The van der Waals surface area contributed by atoms with Gasteiger partial charge >= 0.3 is 0 Å². The van der Waals surface area contributed by atoms with Crippen molar-refractivity contribution >= 4 is 0 Å².